The van der Waals surface area contributed by atoms with E-state index in [1.165, 1.54) is 0 Å². The Labute approximate surface area is 185 Å². The summed E-state index contributed by atoms with van der Waals surface area (Å²) in [6.45, 7) is 2.91. The normalized spacial score (nSPS) is 12.6. The van der Waals surface area contributed by atoms with Gasteiger partial charge in [-0.3, -0.25) is 0 Å². The number of halogens is 3. The molecule has 1 heterocycles. The fraction of sp³-hybridized carbons (Fsp3) is 0.182. The lowest BCUT2D eigenvalue weighted by Crippen LogP contribution is -2.25. The molecule has 2 N–H and O–H groups in total. The Balaban J connectivity index is 1.64. The van der Waals surface area contributed by atoms with Gasteiger partial charge in [-0.2, -0.15) is 0 Å². The summed E-state index contributed by atoms with van der Waals surface area (Å²) in [5.41, 5.74) is 4.15. The molecule has 0 aliphatic rings. The molecule has 4 rings (SSSR count). The largest absolute Gasteiger partial charge is 0.389 e. The quantitative estimate of drug-likeness (QED) is 0.304. The number of benzene rings is 3. The van der Waals surface area contributed by atoms with E-state index in [0.717, 1.165) is 47.0 Å². The first-order valence-electron chi connectivity index (χ1n) is 8.98. The van der Waals surface area contributed by atoms with Crippen molar-refractivity contribution in [2.75, 3.05) is 11.9 Å². The van der Waals surface area contributed by atoms with Crippen molar-refractivity contribution >= 4 is 71.0 Å². The number of nitrogens with one attached hydrogen (secondary N) is 1. The SMILES string of the molecule is Cc1c(Cl)cccc1NC[C@H](O)Cn1c2ccc(Br)cc2c2cc(Br)ccc21. The fourth-order valence-corrected chi connectivity index (χ4v) is 4.44. The van der Waals surface area contributed by atoms with Crippen molar-refractivity contribution in [1.29, 1.82) is 0 Å². The maximum atomic E-state index is 10.7. The summed E-state index contributed by atoms with van der Waals surface area (Å²) in [6, 6.07) is 18.3. The van der Waals surface area contributed by atoms with Crippen LogP contribution in [0.2, 0.25) is 5.02 Å². The van der Waals surface area contributed by atoms with Crippen molar-refractivity contribution in [3.05, 3.63) is 74.1 Å². The number of hydrogen-bond donors (Lipinski definition) is 2. The molecule has 0 saturated carbocycles. The van der Waals surface area contributed by atoms with Crippen LogP contribution in [-0.2, 0) is 6.54 Å². The fourth-order valence-electron chi connectivity index (χ4n) is 3.55. The maximum absolute atomic E-state index is 10.7. The van der Waals surface area contributed by atoms with E-state index >= 15 is 0 Å². The lowest BCUT2D eigenvalue weighted by molar-refractivity contribution is 0.169. The molecule has 0 saturated heterocycles. The first-order valence-corrected chi connectivity index (χ1v) is 10.9. The summed E-state index contributed by atoms with van der Waals surface area (Å²) in [5, 5.41) is 17.1. The summed E-state index contributed by atoms with van der Waals surface area (Å²) in [5.74, 6) is 0. The molecule has 0 radical (unpaired) electrons. The van der Waals surface area contributed by atoms with Gasteiger partial charge in [0.2, 0.25) is 0 Å². The third-order valence-corrected chi connectivity index (χ3v) is 6.37. The van der Waals surface area contributed by atoms with Gasteiger partial charge in [-0.1, -0.05) is 49.5 Å². The van der Waals surface area contributed by atoms with Crippen molar-refractivity contribution in [3.8, 4) is 0 Å². The number of nitrogens with zero attached hydrogens (tertiary/aromatic N) is 1. The van der Waals surface area contributed by atoms with Gasteiger partial charge in [0.25, 0.3) is 0 Å². The van der Waals surface area contributed by atoms with Gasteiger partial charge >= 0.3 is 0 Å². The second-order valence-corrected chi connectivity index (χ2v) is 9.12. The molecular formula is C22H19Br2ClN2O. The minimum absolute atomic E-state index is 0.440. The lowest BCUT2D eigenvalue weighted by atomic mass is 10.2. The molecule has 4 aromatic rings. The van der Waals surface area contributed by atoms with Crippen LogP contribution in [-0.4, -0.2) is 22.3 Å². The first kappa shape index (κ1) is 19.8. The Hall–Kier alpha value is -1.53. The number of fused-ring (bicyclic) bond motifs is 3. The molecule has 0 spiro atoms. The Bertz CT molecular complexity index is 1110. The molecule has 0 fully saturated rings. The molecule has 0 bridgehead atoms. The average molecular weight is 523 g/mol. The van der Waals surface area contributed by atoms with Gasteiger partial charge in [-0.15, -0.1) is 0 Å². The van der Waals surface area contributed by atoms with Crippen molar-refractivity contribution in [2.45, 2.75) is 19.6 Å². The predicted molar refractivity (Wildman–Crippen MR) is 126 cm³/mol. The molecule has 144 valence electrons. The van der Waals surface area contributed by atoms with Gasteiger partial charge in [0.05, 0.1) is 12.6 Å². The minimum atomic E-state index is -0.551. The Kier molecular flexibility index (Phi) is 5.70. The van der Waals surface area contributed by atoms with E-state index in [1.54, 1.807) is 0 Å². The Morgan fingerprint density at radius 2 is 1.61 bits per heavy atom. The molecule has 0 amide bonds. The number of rotatable bonds is 5. The third-order valence-electron chi connectivity index (χ3n) is 4.98. The van der Waals surface area contributed by atoms with Gasteiger partial charge in [0, 0.05) is 48.0 Å². The van der Waals surface area contributed by atoms with Crippen LogP contribution in [0.5, 0.6) is 0 Å². The standard InChI is InChI=1S/C22H19Br2ClN2O/c1-13-19(25)3-2-4-20(13)26-11-16(28)12-27-21-7-5-14(23)9-17(21)18-10-15(24)6-8-22(18)27/h2-10,16,26,28H,11-12H2,1H3/t16-/m0/s1. The van der Waals surface area contributed by atoms with E-state index in [2.05, 4.69) is 66.0 Å². The van der Waals surface area contributed by atoms with Crippen molar-refractivity contribution < 1.29 is 5.11 Å². The monoisotopic (exact) mass is 520 g/mol. The summed E-state index contributed by atoms with van der Waals surface area (Å²) < 4.78 is 4.26. The number of hydrogen-bond acceptors (Lipinski definition) is 2. The van der Waals surface area contributed by atoms with E-state index in [1.807, 2.05) is 37.3 Å². The zero-order chi connectivity index (χ0) is 19.8. The third kappa shape index (κ3) is 3.81. The second-order valence-electron chi connectivity index (χ2n) is 6.88. The summed E-state index contributed by atoms with van der Waals surface area (Å²) in [7, 11) is 0. The average Bonchev–Trinajstić information content (AvgIpc) is 2.95. The molecule has 0 unspecified atom stereocenters. The molecule has 6 heteroatoms. The first-order chi connectivity index (χ1) is 13.4. The highest BCUT2D eigenvalue weighted by molar-refractivity contribution is 9.10. The molecular weight excluding hydrogens is 504 g/mol. The smallest absolute Gasteiger partial charge is 0.0891 e. The van der Waals surface area contributed by atoms with Gasteiger partial charge in [0.15, 0.2) is 0 Å². The van der Waals surface area contributed by atoms with Crippen LogP contribution < -0.4 is 5.32 Å². The molecule has 3 nitrogen and oxygen atoms in total. The number of aromatic nitrogens is 1. The van der Waals surface area contributed by atoms with Gasteiger partial charge in [-0.25, -0.2) is 0 Å². The zero-order valence-corrected chi connectivity index (χ0v) is 19.1. The van der Waals surface area contributed by atoms with Crippen LogP contribution in [0.4, 0.5) is 5.69 Å². The molecule has 1 aromatic heterocycles. The summed E-state index contributed by atoms with van der Waals surface area (Å²) >= 11 is 13.3. The molecule has 0 aliphatic carbocycles. The van der Waals surface area contributed by atoms with E-state index in [4.69, 9.17) is 11.6 Å². The Morgan fingerprint density at radius 3 is 2.21 bits per heavy atom. The molecule has 0 aliphatic heterocycles. The van der Waals surface area contributed by atoms with Crippen LogP contribution >= 0.6 is 43.5 Å². The second kappa shape index (κ2) is 8.07. The number of anilines is 1. The van der Waals surface area contributed by atoms with Crippen molar-refractivity contribution in [1.82, 2.24) is 4.57 Å². The van der Waals surface area contributed by atoms with Crippen LogP contribution in [0.15, 0.2) is 63.5 Å². The molecule has 28 heavy (non-hydrogen) atoms. The lowest BCUT2D eigenvalue weighted by Gasteiger charge is -2.17. The van der Waals surface area contributed by atoms with E-state index in [-0.39, 0.29) is 0 Å². The van der Waals surface area contributed by atoms with E-state index in [0.29, 0.717) is 13.1 Å². The van der Waals surface area contributed by atoms with Crippen LogP contribution in [0.25, 0.3) is 21.8 Å². The van der Waals surface area contributed by atoms with E-state index < -0.39 is 6.10 Å². The van der Waals surface area contributed by atoms with Gasteiger partial charge in [0.1, 0.15) is 0 Å². The highest BCUT2D eigenvalue weighted by Crippen LogP contribution is 2.33. The molecule has 3 aromatic carbocycles. The number of aliphatic hydroxyl groups excluding tert-OH is 1. The Morgan fingerprint density at radius 1 is 1.00 bits per heavy atom. The van der Waals surface area contributed by atoms with E-state index in [9.17, 15) is 5.11 Å². The number of aliphatic hydroxyl groups is 1. The van der Waals surface area contributed by atoms with Crippen LogP contribution in [0, 0.1) is 6.92 Å². The van der Waals surface area contributed by atoms with Crippen molar-refractivity contribution in [3.63, 3.8) is 0 Å². The predicted octanol–water partition coefficient (Wildman–Crippen LogP) is 6.75. The maximum Gasteiger partial charge on any atom is 0.0891 e. The van der Waals surface area contributed by atoms with Crippen molar-refractivity contribution in [2.24, 2.45) is 0 Å². The van der Waals surface area contributed by atoms with Gasteiger partial charge in [-0.05, 0) is 61.0 Å². The summed E-state index contributed by atoms with van der Waals surface area (Å²) in [6.07, 6.45) is -0.551. The topological polar surface area (TPSA) is 37.2 Å². The van der Waals surface area contributed by atoms with Gasteiger partial charge < -0.3 is 15.0 Å². The highest BCUT2D eigenvalue weighted by atomic mass is 79.9. The minimum Gasteiger partial charge on any atom is -0.389 e. The van der Waals surface area contributed by atoms with Crippen LogP contribution in [0.1, 0.15) is 5.56 Å². The van der Waals surface area contributed by atoms with Crippen LogP contribution in [0.3, 0.4) is 0 Å². The highest BCUT2D eigenvalue weighted by Gasteiger charge is 2.15. The zero-order valence-electron chi connectivity index (χ0n) is 15.2. The molecule has 1 atom stereocenters. The summed E-state index contributed by atoms with van der Waals surface area (Å²) in [4.78, 5) is 0.